The third-order valence-corrected chi connectivity index (χ3v) is 5.12. The third kappa shape index (κ3) is 3.32. The molecule has 1 atom stereocenters. The van der Waals surface area contributed by atoms with Crippen molar-refractivity contribution in [1.29, 1.82) is 0 Å². The van der Waals surface area contributed by atoms with Gasteiger partial charge in [-0.15, -0.1) is 0 Å². The molecule has 1 aromatic carbocycles. The highest BCUT2D eigenvalue weighted by Gasteiger charge is 2.49. The zero-order valence-electron chi connectivity index (χ0n) is 13.7. The molecule has 0 spiro atoms. The second-order valence-electron chi connectivity index (χ2n) is 5.95. The molecule has 2 heterocycles. The van der Waals surface area contributed by atoms with Crippen LogP contribution in [0.2, 0.25) is 0 Å². The molecule has 1 aromatic rings. The molecule has 8 nitrogen and oxygen atoms in total. The van der Waals surface area contributed by atoms with Crippen molar-refractivity contribution in [2.45, 2.75) is 18.9 Å². The molecule has 0 unspecified atom stereocenters. The van der Waals surface area contributed by atoms with E-state index in [-0.39, 0.29) is 18.2 Å². The van der Waals surface area contributed by atoms with E-state index in [2.05, 4.69) is 10.7 Å². The highest BCUT2D eigenvalue weighted by Crippen LogP contribution is 2.27. The van der Waals surface area contributed by atoms with Gasteiger partial charge in [-0.25, -0.2) is 4.79 Å². The van der Waals surface area contributed by atoms with Crippen LogP contribution in [0.3, 0.4) is 0 Å². The van der Waals surface area contributed by atoms with Crippen molar-refractivity contribution in [2.24, 2.45) is 0 Å². The first-order valence-corrected chi connectivity index (χ1v) is 8.84. The van der Waals surface area contributed by atoms with Crippen molar-refractivity contribution in [1.82, 2.24) is 20.7 Å². The van der Waals surface area contributed by atoms with Crippen LogP contribution >= 0.6 is 11.8 Å². The van der Waals surface area contributed by atoms with Gasteiger partial charge in [0.05, 0.1) is 0 Å². The van der Waals surface area contributed by atoms with Crippen molar-refractivity contribution in [3.05, 3.63) is 35.9 Å². The number of urea groups is 1. The fourth-order valence-electron chi connectivity index (χ4n) is 2.75. The van der Waals surface area contributed by atoms with Gasteiger partial charge in [0, 0.05) is 25.3 Å². The van der Waals surface area contributed by atoms with E-state index in [0.717, 1.165) is 0 Å². The van der Waals surface area contributed by atoms with E-state index in [4.69, 9.17) is 0 Å². The average Bonchev–Trinajstić information content (AvgIpc) is 3.11. The number of hydrogen-bond acceptors (Lipinski definition) is 5. The van der Waals surface area contributed by atoms with E-state index in [1.807, 2.05) is 6.07 Å². The molecule has 2 aliphatic rings. The summed E-state index contributed by atoms with van der Waals surface area (Å²) < 4.78 is 0. The highest BCUT2D eigenvalue weighted by atomic mass is 32.2. The summed E-state index contributed by atoms with van der Waals surface area (Å²) >= 11 is 1.21. The molecule has 2 saturated heterocycles. The first-order chi connectivity index (χ1) is 11.9. The van der Waals surface area contributed by atoms with Crippen LogP contribution in [-0.2, 0) is 15.1 Å². The van der Waals surface area contributed by atoms with Gasteiger partial charge in [-0.2, -0.15) is 5.01 Å². The number of nitrogens with one attached hydrogen (secondary N) is 2. The summed E-state index contributed by atoms with van der Waals surface area (Å²) in [6.45, 7) is 2.46. The van der Waals surface area contributed by atoms with Crippen LogP contribution in [0.4, 0.5) is 9.59 Å². The van der Waals surface area contributed by atoms with Gasteiger partial charge in [0.15, 0.2) is 0 Å². The van der Waals surface area contributed by atoms with E-state index >= 15 is 0 Å². The van der Waals surface area contributed by atoms with Crippen LogP contribution in [0.5, 0.6) is 0 Å². The van der Waals surface area contributed by atoms with Crippen molar-refractivity contribution in [2.75, 3.05) is 18.8 Å². The zero-order valence-corrected chi connectivity index (χ0v) is 14.5. The number of benzene rings is 1. The number of imide groups is 1. The number of hydrazine groups is 1. The minimum Gasteiger partial charge on any atom is -0.332 e. The van der Waals surface area contributed by atoms with E-state index in [0.29, 0.717) is 22.9 Å². The van der Waals surface area contributed by atoms with Crippen LogP contribution in [0.1, 0.15) is 18.9 Å². The molecular formula is C16H18N4O4S. The Hall–Kier alpha value is -2.55. The van der Waals surface area contributed by atoms with Gasteiger partial charge in [-0.1, -0.05) is 42.1 Å². The van der Waals surface area contributed by atoms with Gasteiger partial charge in [0.2, 0.25) is 5.91 Å². The molecule has 0 aliphatic carbocycles. The smallest absolute Gasteiger partial charge is 0.332 e. The number of amides is 5. The molecule has 132 valence electrons. The Bertz CT molecular complexity index is 726. The van der Waals surface area contributed by atoms with E-state index < -0.39 is 23.4 Å². The molecule has 9 heteroatoms. The standard InChI is InChI=1S/C16H18N4O4S/c1-16(11-5-3-2-4-6-11)13(22)20(14(23)17-16)18-12(21)7-8-19-9-10-25-15(19)24/h2-6H,7-10H2,1H3,(H,17,23)(H,18,21)/t16-/m1/s1. The lowest BCUT2D eigenvalue weighted by molar-refractivity contribution is -0.139. The fourth-order valence-corrected chi connectivity index (χ4v) is 3.61. The summed E-state index contributed by atoms with van der Waals surface area (Å²) in [5, 5.41) is 3.26. The molecule has 0 radical (unpaired) electrons. The minimum absolute atomic E-state index is 0.0193. The zero-order chi connectivity index (χ0) is 18.0. The molecule has 2 aliphatic heterocycles. The minimum atomic E-state index is -1.23. The van der Waals surface area contributed by atoms with E-state index in [1.54, 1.807) is 36.1 Å². The Balaban J connectivity index is 1.63. The predicted molar refractivity (Wildman–Crippen MR) is 91.4 cm³/mol. The molecule has 5 amide bonds. The highest BCUT2D eigenvalue weighted by molar-refractivity contribution is 8.13. The molecular weight excluding hydrogens is 344 g/mol. The van der Waals surface area contributed by atoms with Crippen molar-refractivity contribution in [3.8, 4) is 0 Å². The lowest BCUT2D eigenvalue weighted by Crippen LogP contribution is -2.48. The number of thioether (sulfide) groups is 1. The fraction of sp³-hybridized carbons (Fsp3) is 0.375. The number of rotatable bonds is 5. The van der Waals surface area contributed by atoms with E-state index in [1.165, 1.54) is 11.8 Å². The lowest BCUT2D eigenvalue weighted by atomic mass is 9.92. The first-order valence-electron chi connectivity index (χ1n) is 7.85. The second kappa shape index (κ2) is 6.75. The Labute approximate surface area is 148 Å². The summed E-state index contributed by atoms with van der Waals surface area (Å²) in [7, 11) is 0. The van der Waals surface area contributed by atoms with Crippen LogP contribution < -0.4 is 10.7 Å². The van der Waals surface area contributed by atoms with Crippen LogP contribution in [0, 0.1) is 0 Å². The predicted octanol–water partition coefficient (Wildman–Crippen LogP) is 1.04. The summed E-state index contributed by atoms with van der Waals surface area (Å²) in [5.74, 6) is -0.335. The molecule has 0 aromatic heterocycles. The van der Waals surface area contributed by atoms with Crippen LogP contribution in [0.25, 0.3) is 0 Å². The Morgan fingerprint density at radius 3 is 2.64 bits per heavy atom. The summed E-state index contributed by atoms with van der Waals surface area (Å²) in [4.78, 5) is 49.9. The maximum absolute atomic E-state index is 12.6. The quantitative estimate of drug-likeness (QED) is 0.763. The molecule has 0 bridgehead atoms. The normalized spacial score (nSPS) is 23.2. The van der Waals surface area contributed by atoms with E-state index in [9.17, 15) is 19.2 Å². The molecule has 25 heavy (non-hydrogen) atoms. The average molecular weight is 362 g/mol. The summed E-state index contributed by atoms with van der Waals surface area (Å²) in [5.41, 5.74) is 1.73. The Morgan fingerprint density at radius 1 is 1.28 bits per heavy atom. The largest absolute Gasteiger partial charge is 0.344 e. The topological polar surface area (TPSA) is 98.8 Å². The van der Waals surface area contributed by atoms with Crippen LogP contribution in [-0.4, -0.2) is 51.8 Å². The molecule has 2 fully saturated rings. The number of nitrogens with zero attached hydrogens (tertiary/aromatic N) is 2. The Kier molecular flexibility index (Phi) is 4.67. The molecule has 2 N–H and O–H groups in total. The van der Waals surface area contributed by atoms with Crippen molar-refractivity contribution in [3.63, 3.8) is 0 Å². The van der Waals surface area contributed by atoms with Gasteiger partial charge in [-0.3, -0.25) is 19.8 Å². The van der Waals surface area contributed by atoms with Gasteiger partial charge >= 0.3 is 6.03 Å². The monoisotopic (exact) mass is 362 g/mol. The number of hydrogen-bond donors (Lipinski definition) is 2. The SMILES string of the molecule is C[C@]1(c2ccccc2)NC(=O)N(NC(=O)CCN2CCSC2=O)C1=O. The first kappa shape index (κ1) is 17.3. The van der Waals surface area contributed by atoms with Crippen molar-refractivity contribution < 1.29 is 19.2 Å². The Morgan fingerprint density at radius 2 is 2.00 bits per heavy atom. The number of carbonyl (C=O) groups excluding carboxylic acids is 4. The maximum atomic E-state index is 12.6. The van der Waals surface area contributed by atoms with Gasteiger partial charge in [0.25, 0.3) is 11.1 Å². The maximum Gasteiger partial charge on any atom is 0.344 e. The molecule has 3 rings (SSSR count). The third-order valence-electron chi connectivity index (χ3n) is 4.23. The van der Waals surface area contributed by atoms with Crippen molar-refractivity contribution >= 4 is 34.8 Å². The van der Waals surface area contributed by atoms with Gasteiger partial charge in [-0.05, 0) is 12.5 Å². The lowest BCUT2D eigenvalue weighted by Gasteiger charge is -2.22. The summed E-state index contributed by atoms with van der Waals surface area (Å²) in [6.07, 6.45) is 0.0193. The van der Waals surface area contributed by atoms with Crippen LogP contribution in [0.15, 0.2) is 30.3 Å². The second-order valence-corrected chi connectivity index (χ2v) is 6.99. The number of carbonyl (C=O) groups is 4. The van der Waals surface area contributed by atoms with Gasteiger partial charge < -0.3 is 10.2 Å². The summed E-state index contributed by atoms with van der Waals surface area (Å²) in [6, 6.07) is 8.14. The van der Waals surface area contributed by atoms with Gasteiger partial charge in [0.1, 0.15) is 5.54 Å². The molecule has 0 saturated carbocycles.